The van der Waals surface area contributed by atoms with E-state index in [9.17, 15) is 13.2 Å². The third-order valence-corrected chi connectivity index (χ3v) is 6.55. The van der Waals surface area contributed by atoms with Crippen LogP contribution in [0, 0.1) is 18.8 Å². The van der Waals surface area contributed by atoms with E-state index >= 15 is 0 Å². The maximum atomic E-state index is 12.9. The molecule has 1 N–H and O–H groups in total. The Bertz CT molecular complexity index is 710. The fraction of sp³-hybridized carbons (Fsp3) is 0.750. The number of amides is 1. The standard InChI is InChI=1S/C16H27N3O3S2/c1-9(2)12-7-19(8-13(12)18-24(6,21)22)16(20)14-11(5)17-15(23-14)10(3)4/h9-10,12-13,18H,7-8H2,1-6H3/t12-,13+/m0/s1. The Balaban J connectivity index is 2.22. The first-order valence-corrected chi connectivity index (χ1v) is 10.9. The molecule has 1 aliphatic rings. The number of nitrogens with zero attached hydrogens (tertiary/aromatic N) is 2. The lowest BCUT2D eigenvalue weighted by molar-refractivity contribution is 0.0787. The van der Waals surface area contributed by atoms with Crippen molar-refractivity contribution in [3.05, 3.63) is 15.6 Å². The number of carbonyl (C=O) groups excluding carboxylic acids is 1. The van der Waals surface area contributed by atoms with E-state index in [1.165, 1.54) is 11.3 Å². The first-order chi connectivity index (χ1) is 11.0. The quantitative estimate of drug-likeness (QED) is 0.858. The molecule has 2 rings (SSSR count). The number of nitrogens with one attached hydrogen (secondary N) is 1. The Morgan fingerprint density at radius 2 is 1.92 bits per heavy atom. The smallest absolute Gasteiger partial charge is 0.265 e. The van der Waals surface area contributed by atoms with E-state index in [1.807, 2.05) is 6.92 Å². The van der Waals surface area contributed by atoms with Gasteiger partial charge in [-0.05, 0) is 18.8 Å². The van der Waals surface area contributed by atoms with E-state index in [0.717, 1.165) is 17.0 Å². The van der Waals surface area contributed by atoms with Crippen LogP contribution in [0.2, 0.25) is 0 Å². The van der Waals surface area contributed by atoms with Crippen LogP contribution in [-0.2, 0) is 10.0 Å². The molecule has 2 heterocycles. The van der Waals surface area contributed by atoms with E-state index in [1.54, 1.807) is 4.90 Å². The molecule has 1 saturated heterocycles. The highest BCUT2D eigenvalue weighted by Crippen LogP contribution is 2.30. The molecule has 1 aromatic heterocycles. The molecule has 0 radical (unpaired) electrons. The second-order valence-electron chi connectivity index (χ2n) is 7.24. The molecule has 24 heavy (non-hydrogen) atoms. The van der Waals surface area contributed by atoms with Gasteiger partial charge in [0.05, 0.1) is 17.0 Å². The van der Waals surface area contributed by atoms with Gasteiger partial charge in [-0.2, -0.15) is 0 Å². The van der Waals surface area contributed by atoms with Crippen molar-refractivity contribution in [2.45, 2.75) is 46.6 Å². The number of sulfonamides is 1. The maximum absolute atomic E-state index is 12.9. The molecule has 1 amide bonds. The molecule has 0 unspecified atom stereocenters. The van der Waals surface area contributed by atoms with Gasteiger partial charge in [0, 0.05) is 25.0 Å². The minimum Gasteiger partial charge on any atom is -0.336 e. The number of carbonyl (C=O) groups is 1. The molecule has 136 valence electrons. The van der Waals surface area contributed by atoms with Gasteiger partial charge in [0.1, 0.15) is 4.88 Å². The molecular weight excluding hydrogens is 346 g/mol. The molecule has 2 atom stereocenters. The van der Waals surface area contributed by atoms with Crippen LogP contribution in [0.4, 0.5) is 0 Å². The van der Waals surface area contributed by atoms with Crippen molar-refractivity contribution < 1.29 is 13.2 Å². The predicted molar refractivity (Wildman–Crippen MR) is 96.9 cm³/mol. The van der Waals surface area contributed by atoms with Crippen molar-refractivity contribution in [1.82, 2.24) is 14.6 Å². The summed E-state index contributed by atoms with van der Waals surface area (Å²) in [5.74, 6) is 0.648. The summed E-state index contributed by atoms with van der Waals surface area (Å²) in [7, 11) is -3.30. The minimum atomic E-state index is -3.30. The molecule has 0 bridgehead atoms. The van der Waals surface area contributed by atoms with Crippen LogP contribution in [0.5, 0.6) is 0 Å². The third-order valence-electron chi connectivity index (χ3n) is 4.38. The molecule has 0 spiro atoms. The molecule has 0 saturated carbocycles. The second kappa shape index (κ2) is 7.09. The average molecular weight is 374 g/mol. The molecule has 1 aliphatic heterocycles. The zero-order chi connectivity index (χ0) is 18.2. The van der Waals surface area contributed by atoms with Gasteiger partial charge < -0.3 is 4.90 Å². The number of likely N-dealkylation sites (tertiary alicyclic amines) is 1. The number of hydrogen-bond donors (Lipinski definition) is 1. The topological polar surface area (TPSA) is 79.4 Å². The minimum absolute atomic E-state index is 0.0413. The van der Waals surface area contributed by atoms with Crippen LogP contribution in [0.15, 0.2) is 0 Å². The van der Waals surface area contributed by atoms with Crippen molar-refractivity contribution in [2.75, 3.05) is 19.3 Å². The van der Waals surface area contributed by atoms with E-state index in [2.05, 4.69) is 37.4 Å². The average Bonchev–Trinajstić information content (AvgIpc) is 3.00. The molecule has 0 aromatic carbocycles. The Labute approximate surface area is 148 Å². The first kappa shape index (κ1) is 19.3. The van der Waals surface area contributed by atoms with Gasteiger partial charge in [-0.25, -0.2) is 18.1 Å². The number of rotatable bonds is 5. The Hall–Kier alpha value is -0.990. The Morgan fingerprint density at radius 1 is 1.29 bits per heavy atom. The lowest BCUT2D eigenvalue weighted by atomic mass is 9.92. The van der Waals surface area contributed by atoms with Gasteiger partial charge >= 0.3 is 0 Å². The zero-order valence-electron chi connectivity index (χ0n) is 15.2. The Morgan fingerprint density at radius 3 is 2.38 bits per heavy atom. The summed E-state index contributed by atoms with van der Waals surface area (Å²) in [5, 5.41) is 0.960. The lowest BCUT2D eigenvalue weighted by Crippen LogP contribution is -2.41. The molecular formula is C16H27N3O3S2. The fourth-order valence-electron chi connectivity index (χ4n) is 3.08. The summed E-state index contributed by atoms with van der Waals surface area (Å²) in [5.41, 5.74) is 0.759. The third kappa shape index (κ3) is 4.34. The molecule has 1 aromatic rings. The van der Waals surface area contributed by atoms with Crippen LogP contribution < -0.4 is 4.72 Å². The highest BCUT2D eigenvalue weighted by molar-refractivity contribution is 7.88. The largest absolute Gasteiger partial charge is 0.336 e. The summed E-state index contributed by atoms with van der Waals surface area (Å²) in [6.45, 7) is 11.1. The van der Waals surface area contributed by atoms with E-state index < -0.39 is 10.0 Å². The van der Waals surface area contributed by atoms with Crippen molar-refractivity contribution in [3.8, 4) is 0 Å². The number of hydrogen-bond acceptors (Lipinski definition) is 5. The van der Waals surface area contributed by atoms with Gasteiger partial charge in [-0.15, -0.1) is 11.3 Å². The highest BCUT2D eigenvalue weighted by atomic mass is 32.2. The van der Waals surface area contributed by atoms with Crippen LogP contribution in [0.25, 0.3) is 0 Å². The SMILES string of the molecule is Cc1nc(C(C)C)sc1C(=O)N1C[C@@H](NS(C)(=O)=O)[C@H](C(C)C)C1. The van der Waals surface area contributed by atoms with E-state index in [0.29, 0.717) is 18.0 Å². The van der Waals surface area contributed by atoms with Crippen molar-refractivity contribution in [2.24, 2.45) is 11.8 Å². The number of thiazole rings is 1. The second-order valence-corrected chi connectivity index (χ2v) is 10.0. The number of aryl methyl sites for hydroxylation is 1. The van der Waals surface area contributed by atoms with Crippen LogP contribution in [-0.4, -0.2) is 49.6 Å². The van der Waals surface area contributed by atoms with Gasteiger partial charge in [0.2, 0.25) is 10.0 Å². The van der Waals surface area contributed by atoms with Gasteiger partial charge in [-0.1, -0.05) is 27.7 Å². The van der Waals surface area contributed by atoms with Crippen LogP contribution in [0.3, 0.4) is 0 Å². The van der Waals surface area contributed by atoms with E-state index in [4.69, 9.17) is 0 Å². The highest BCUT2D eigenvalue weighted by Gasteiger charge is 2.39. The molecule has 6 nitrogen and oxygen atoms in total. The summed E-state index contributed by atoms with van der Waals surface area (Å²) in [4.78, 5) is 19.8. The monoisotopic (exact) mass is 373 g/mol. The summed E-state index contributed by atoms with van der Waals surface area (Å²) in [6.07, 6.45) is 1.16. The van der Waals surface area contributed by atoms with Crippen molar-refractivity contribution in [3.63, 3.8) is 0 Å². The molecule has 8 heteroatoms. The van der Waals surface area contributed by atoms with Crippen molar-refractivity contribution in [1.29, 1.82) is 0 Å². The summed E-state index contributed by atoms with van der Waals surface area (Å²) < 4.78 is 25.9. The fourth-order valence-corrected chi connectivity index (χ4v) is 4.91. The van der Waals surface area contributed by atoms with Crippen molar-refractivity contribution >= 4 is 27.3 Å². The summed E-state index contributed by atoms with van der Waals surface area (Å²) in [6, 6.07) is -0.234. The lowest BCUT2D eigenvalue weighted by Gasteiger charge is -2.21. The first-order valence-electron chi connectivity index (χ1n) is 8.23. The maximum Gasteiger partial charge on any atom is 0.265 e. The number of aromatic nitrogens is 1. The zero-order valence-corrected chi connectivity index (χ0v) is 16.8. The normalized spacial score (nSPS) is 21.9. The van der Waals surface area contributed by atoms with Crippen LogP contribution in [0.1, 0.15) is 54.0 Å². The molecule has 1 fully saturated rings. The predicted octanol–water partition coefficient (Wildman–Crippen LogP) is 2.22. The molecule has 0 aliphatic carbocycles. The van der Waals surface area contributed by atoms with Gasteiger partial charge in [0.15, 0.2) is 0 Å². The van der Waals surface area contributed by atoms with Crippen LogP contribution >= 0.6 is 11.3 Å². The Kier molecular flexibility index (Phi) is 5.71. The van der Waals surface area contributed by atoms with E-state index in [-0.39, 0.29) is 29.7 Å². The summed E-state index contributed by atoms with van der Waals surface area (Å²) >= 11 is 1.45. The van der Waals surface area contributed by atoms with Gasteiger partial charge in [-0.3, -0.25) is 4.79 Å². The van der Waals surface area contributed by atoms with Gasteiger partial charge in [0.25, 0.3) is 5.91 Å².